The number of hydrogen-bond donors (Lipinski definition) is 2. The molecule has 34 heavy (non-hydrogen) atoms. The Morgan fingerprint density at radius 3 is 2.38 bits per heavy atom. The molecule has 0 saturated carbocycles. The van der Waals surface area contributed by atoms with Crippen LogP contribution in [-0.4, -0.2) is 11.8 Å². The summed E-state index contributed by atoms with van der Waals surface area (Å²) in [4.78, 5) is 27.9. The van der Waals surface area contributed by atoms with E-state index in [2.05, 4.69) is 38.3 Å². The highest BCUT2D eigenvalue weighted by Gasteiger charge is 2.34. The van der Waals surface area contributed by atoms with E-state index in [1.54, 1.807) is 17.4 Å². The Labute approximate surface area is 206 Å². The highest BCUT2D eigenvalue weighted by Crippen LogP contribution is 2.44. The Morgan fingerprint density at radius 2 is 1.71 bits per heavy atom. The van der Waals surface area contributed by atoms with Crippen LogP contribution in [0.15, 0.2) is 42.5 Å². The first-order valence-electron chi connectivity index (χ1n) is 11.9. The third kappa shape index (κ3) is 5.10. The number of nitrogens with one attached hydrogen (secondary N) is 2. The molecule has 0 spiro atoms. The minimum atomic E-state index is -0.185. The number of rotatable bonds is 4. The van der Waals surface area contributed by atoms with E-state index in [-0.39, 0.29) is 17.2 Å². The van der Waals surface area contributed by atoms with Crippen molar-refractivity contribution in [2.45, 2.75) is 60.8 Å². The molecule has 3 aromatic rings. The molecule has 1 aliphatic carbocycles. The van der Waals surface area contributed by atoms with Crippen molar-refractivity contribution >= 4 is 33.8 Å². The lowest BCUT2D eigenvalue weighted by Gasteiger charge is -2.33. The summed E-state index contributed by atoms with van der Waals surface area (Å²) in [6, 6.07) is 13.5. The highest BCUT2D eigenvalue weighted by molar-refractivity contribution is 7.17. The predicted molar refractivity (Wildman–Crippen MR) is 142 cm³/mol. The summed E-state index contributed by atoms with van der Waals surface area (Å²) >= 11 is 1.56. The lowest BCUT2D eigenvalue weighted by molar-refractivity contribution is 0.102. The van der Waals surface area contributed by atoms with Gasteiger partial charge in [0, 0.05) is 16.1 Å². The Bertz CT molecular complexity index is 1250. The Hall–Kier alpha value is -2.92. The summed E-state index contributed by atoms with van der Waals surface area (Å²) in [6.45, 7) is 12.9. The van der Waals surface area contributed by atoms with Crippen LogP contribution in [0.4, 0.5) is 10.7 Å². The summed E-state index contributed by atoms with van der Waals surface area (Å²) in [5.41, 5.74) is 6.62. The van der Waals surface area contributed by atoms with Crippen molar-refractivity contribution in [3.63, 3.8) is 0 Å². The lowest BCUT2D eigenvalue weighted by Crippen LogP contribution is -2.27. The van der Waals surface area contributed by atoms with Gasteiger partial charge in [0.05, 0.1) is 5.56 Å². The fraction of sp³-hybridized carbons (Fsp3) is 0.379. The third-order valence-corrected chi connectivity index (χ3v) is 8.16. The molecule has 4 rings (SSSR count). The van der Waals surface area contributed by atoms with Crippen LogP contribution in [-0.2, 0) is 12.8 Å². The molecule has 5 heteroatoms. The van der Waals surface area contributed by atoms with Crippen LogP contribution in [0.1, 0.15) is 75.0 Å². The second-order valence-corrected chi connectivity index (χ2v) is 11.7. The normalized spacial score (nSPS) is 15.5. The highest BCUT2D eigenvalue weighted by atomic mass is 32.1. The Kier molecular flexibility index (Phi) is 6.68. The molecule has 0 fully saturated rings. The number of aryl methyl sites for hydroxylation is 3. The van der Waals surface area contributed by atoms with Gasteiger partial charge in [-0.2, -0.15) is 0 Å². The molecule has 2 N–H and O–H groups in total. The number of fused-ring (bicyclic) bond motifs is 1. The van der Waals surface area contributed by atoms with E-state index in [1.807, 2.05) is 50.2 Å². The Balaban J connectivity index is 1.69. The maximum absolute atomic E-state index is 13.6. The summed E-state index contributed by atoms with van der Waals surface area (Å²) in [5, 5.41) is 6.80. The molecule has 0 bridgehead atoms. The van der Waals surface area contributed by atoms with Gasteiger partial charge < -0.3 is 10.6 Å². The van der Waals surface area contributed by atoms with E-state index >= 15 is 0 Å². The molecule has 0 saturated heterocycles. The number of carbonyl (C=O) groups is 2. The molecule has 2 amide bonds. The van der Waals surface area contributed by atoms with E-state index in [4.69, 9.17) is 0 Å². The van der Waals surface area contributed by atoms with Gasteiger partial charge in [-0.3, -0.25) is 9.59 Å². The average Bonchev–Trinajstić information content (AvgIpc) is 3.12. The van der Waals surface area contributed by atoms with Crippen LogP contribution in [0, 0.1) is 32.1 Å². The van der Waals surface area contributed by atoms with Gasteiger partial charge in [-0.05, 0) is 92.3 Å². The summed E-state index contributed by atoms with van der Waals surface area (Å²) < 4.78 is 0. The molecule has 178 valence electrons. The van der Waals surface area contributed by atoms with E-state index in [9.17, 15) is 9.59 Å². The minimum absolute atomic E-state index is 0.158. The fourth-order valence-corrected chi connectivity index (χ4v) is 5.95. The van der Waals surface area contributed by atoms with E-state index in [1.165, 1.54) is 10.4 Å². The van der Waals surface area contributed by atoms with Crippen LogP contribution in [0.3, 0.4) is 0 Å². The number of anilines is 2. The minimum Gasteiger partial charge on any atom is -0.322 e. The first kappa shape index (κ1) is 24.2. The standard InChI is InChI=1S/C29H34N2O2S/c1-17-8-7-9-20(14-17)26(32)31-28-25(27(33)30-22-12-10-18(2)19(3)15-22)23-13-11-21(29(4,5)6)16-24(23)34-28/h7-10,12,14-15,21H,11,13,16H2,1-6H3,(H,30,33)(H,31,32). The topological polar surface area (TPSA) is 58.2 Å². The zero-order valence-electron chi connectivity index (χ0n) is 21.0. The van der Waals surface area contributed by atoms with Crippen molar-refractivity contribution in [3.8, 4) is 0 Å². The van der Waals surface area contributed by atoms with Gasteiger partial charge in [-0.25, -0.2) is 0 Å². The van der Waals surface area contributed by atoms with Crippen molar-refractivity contribution in [2.75, 3.05) is 10.6 Å². The number of amides is 2. The summed E-state index contributed by atoms with van der Waals surface area (Å²) in [6.07, 6.45) is 2.83. The van der Waals surface area contributed by atoms with Gasteiger partial charge in [-0.1, -0.05) is 44.5 Å². The second-order valence-electron chi connectivity index (χ2n) is 10.6. The van der Waals surface area contributed by atoms with Crippen molar-refractivity contribution in [1.82, 2.24) is 0 Å². The van der Waals surface area contributed by atoms with Crippen LogP contribution in [0.5, 0.6) is 0 Å². The van der Waals surface area contributed by atoms with E-state index in [0.29, 0.717) is 22.0 Å². The first-order valence-corrected chi connectivity index (χ1v) is 12.8. The number of benzene rings is 2. The van der Waals surface area contributed by atoms with E-state index in [0.717, 1.165) is 41.6 Å². The first-order chi connectivity index (χ1) is 16.0. The third-order valence-electron chi connectivity index (χ3n) is 6.99. The van der Waals surface area contributed by atoms with Crippen molar-refractivity contribution < 1.29 is 9.59 Å². The van der Waals surface area contributed by atoms with Gasteiger partial charge in [0.2, 0.25) is 0 Å². The number of thiophene rings is 1. The maximum atomic E-state index is 13.6. The van der Waals surface area contributed by atoms with Crippen LogP contribution < -0.4 is 10.6 Å². The van der Waals surface area contributed by atoms with Crippen LogP contribution >= 0.6 is 11.3 Å². The monoisotopic (exact) mass is 474 g/mol. The van der Waals surface area contributed by atoms with Gasteiger partial charge in [0.15, 0.2) is 0 Å². The molecular weight excluding hydrogens is 440 g/mol. The second kappa shape index (κ2) is 9.38. The number of carbonyl (C=O) groups excluding carboxylic acids is 2. The van der Waals surface area contributed by atoms with E-state index < -0.39 is 0 Å². The van der Waals surface area contributed by atoms with Gasteiger partial charge in [-0.15, -0.1) is 11.3 Å². The summed E-state index contributed by atoms with van der Waals surface area (Å²) in [5.74, 6) is 0.207. The molecule has 1 aromatic heterocycles. The van der Waals surface area contributed by atoms with Gasteiger partial charge in [0.1, 0.15) is 5.00 Å². The number of hydrogen-bond acceptors (Lipinski definition) is 3. The Morgan fingerprint density at radius 1 is 0.941 bits per heavy atom. The molecule has 4 nitrogen and oxygen atoms in total. The van der Waals surface area contributed by atoms with Crippen LogP contribution in [0.2, 0.25) is 0 Å². The molecular formula is C29H34N2O2S. The molecule has 0 radical (unpaired) electrons. The molecule has 1 heterocycles. The molecule has 1 unspecified atom stereocenters. The van der Waals surface area contributed by atoms with Gasteiger partial charge in [0.25, 0.3) is 11.8 Å². The lowest BCUT2D eigenvalue weighted by atomic mass is 9.72. The SMILES string of the molecule is Cc1cccc(C(=O)Nc2sc3c(c2C(=O)Nc2ccc(C)c(C)c2)CCC(C(C)(C)C)C3)c1. The molecule has 2 aromatic carbocycles. The summed E-state index contributed by atoms with van der Waals surface area (Å²) in [7, 11) is 0. The van der Waals surface area contributed by atoms with Crippen molar-refractivity contribution in [3.05, 3.63) is 80.7 Å². The fourth-order valence-electron chi connectivity index (χ4n) is 4.63. The van der Waals surface area contributed by atoms with Crippen molar-refractivity contribution in [2.24, 2.45) is 11.3 Å². The predicted octanol–water partition coefficient (Wildman–Crippen LogP) is 7.33. The molecule has 1 atom stereocenters. The zero-order valence-corrected chi connectivity index (χ0v) is 21.8. The largest absolute Gasteiger partial charge is 0.322 e. The van der Waals surface area contributed by atoms with Crippen LogP contribution in [0.25, 0.3) is 0 Å². The van der Waals surface area contributed by atoms with Crippen molar-refractivity contribution in [1.29, 1.82) is 0 Å². The average molecular weight is 475 g/mol. The zero-order chi connectivity index (χ0) is 24.6. The maximum Gasteiger partial charge on any atom is 0.258 e. The smallest absolute Gasteiger partial charge is 0.258 e. The molecule has 1 aliphatic rings. The quantitative estimate of drug-likeness (QED) is 0.416. The molecule has 0 aliphatic heterocycles. The van der Waals surface area contributed by atoms with Gasteiger partial charge >= 0.3 is 0 Å².